The minimum atomic E-state index is -4.59. The molecule has 1 aliphatic rings. The van der Waals surface area contributed by atoms with Gasteiger partial charge in [0, 0.05) is 11.6 Å². The van der Waals surface area contributed by atoms with Gasteiger partial charge >= 0.3 is 11.9 Å². The molecule has 7 nitrogen and oxygen atoms in total. The number of aromatic hydroxyl groups is 1. The van der Waals surface area contributed by atoms with Crippen LogP contribution in [0.15, 0.2) is 45.6 Å². The van der Waals surface area contributed by atoms with Gasteiger partial charge in [0.15, 0.2) is 11.5 Å². The Balaban J connectivity index is 1.67. The Morgan fingerprint density at radius 3 is 2.65 bits per heavy atom. The Morgan fingerprint density at radius 1 is 1.23 bits per heavy atom. The molecule has 1 atom stereocenters. The number of aromatic nitrogens is 1. The molecule has 0 radical (unpaired) electrons. The maximum absolute atomic E-state index is 13.0. The Hall–Kier alpha value is -3.69. The minimum Gasteiger partial charge on any atom is -0.493 e. The van der Waals surface area contributed by atoms with Crippen molar-refractivity contribution in [1.29, 1.82) is 0 Å². The first-order chi connectivity index (χ1) is 14.6. The maximum Gasteiger partial charge on any atom is 0.419 e. The average molecular weight is 435 g/mol. The third-order valence-corrected chi connectivity index (χ3v) is 4.91. The topological polar surface area (TPSA) is 102 Å². The van der Waals surface area contributed by atoms with E-state index >= 15 is 0 Å². The number of carbonyl (C=O) groups is 1. The lowest BCUT2D eigenvalue weighted by molar-refractivity contribution is -0.137. The monoisotopic (exact) mass is 435 g/mol. The smallest absolute Gasteiger partial charge is 0.419 e. The Labute approximate surface area is 173 Å². The van der Waals surface area contributed by atoms with Gasteiger partial charge in [0.1, 0.15) is 17.2 Å². The number of oxazole rings is 1. The summed E-state index contributed by atoms with van der Waals surface area (Å²) in [5.74, 6) is -1.45. The molecule has 10 heteroatoms. The third-order valence-electron chi connectivity index (χ3n) is 4.91. The molecule has 0 bridgehead atoms. The first-order valence-corrected chi connectivity index (χ1v) is 9.22. The van der Waals surface area contributed by atoms with E-state index < -0.39 is 29.2 Å². The van der Waals surface area contributed by atoms with Crippen molar-refractivity contribution in [2.75, 3.05) is 6.61 Å². The quantitative estimate of drug-likeness (QED) is 0.581. The summed E-state index contributed by atoms with van der Waals surface area (Å²) in [6.45, 7) is 1.43. The van der Waals surface area contributed by atoms with E-state index in [0.29, 0.717) is 17.7 Å². The van der Waals surface area contributed by atoms with Gasteiger partial charge in [-0.15, -0.1) is 0 Å². The lowest BCUT2D eigenvalue weighted by Gasteiger charge is -2.25. The number of H-pyrrole nitrogens is 1. The zero-order valence-electron chi connectivity index (χ0n) is 16.1. The van der Waals surface area contributed by atoms with Crippen LogP contribution in [0.3, 0.4) is 0 Å². The fraction of sp³-hybridized carbons (Fsp3) is 0.238. The van der Waals surface area contributed by atoms with Crippen molar-refractivity contribution in [3.8, 4) is 23.1 Å². The van der Waals surface area contributed by atoms with Gasteiger partial charge in [-0.05, 0) is 37.6 Å². The second-order valence-corrected chi connectivity index (χ2v) is 6.98. The minimum absolute atomic E-state index is 0.0258. The Bertz CT molecular complexity index is 1210. The van der Waals surface area contributed by atoms with E-state index in [2.05, 4.69) is 4.98 Å². The van der Waals surface area contributed by atoms with Crippen molar-refractivity contribution >= 4 is 5.78 Å². The highest BCUT2D eigenvalue weighted by molar-refractivity contribution is 5.97. The molecule has 0 saturated heterocycles. The van der Waals surface area contributed by atoms with Crippen LogP contribution in [0.4, 0.5) is 13.2 Å². The highest BCUT2D eigenvalue weighted by Gasteiger charge is 2.32. The number of Topliss-reactive ketones (excluding diaryl/α,β-unsaturated/α-hetero) is 1. The molecule has 4 rings (SSSR count). The number of nitrogens with one attached hydrogen (secondary N) is 1. The molecule has 2 heterocycles. The molecule has 1 aromatic heterocycles. The number of rotatable bonds is 4. The van der Waals surface area contributed by atoms with E-state index in [0.717, 1.165) is 25.1 Å². The highest BCUT2D eigenvalue weighted by Crippen LogP contribution is 2.43. The molecule has 0 unspecified atom stereocenters. The van der Waals surface area contributed by atoms with E-state index in [4.69, 9.17) is 13.9 Å². The van der Waals surface area contributed by atoms with Crippen LogP contribution in [0.5, 0.6) is 23.1 Å². The van der Waals surface area contributed by atoms with E-state index in [-0.39, 0.29) is 35.3 Å². The zero-order valence-corrected chi connectivity index (χ0v) is 16.1. The molecule has 0 fully saturated rings. The molecule has 0 amide bonds. The van der Waals surface area contributed by atoms with E-state index in [1.807, 2.05) is 0 Å². The number of aromatic amines is 1. The standard InChI is InChI=1S/C21H16F3NO6/c1-10(26)15-8-11(21(22,23)24)2-5-16(15)30-12-3-4-13-14(6-7-29-17(13)9-12)18-19(27)25-20(28)31-18/h2-5,8-9,14,27H,6-7H2,1H3,(H,25,28)/t14-/m1/s1. The van der Waals surface area contributed by atoms with Crippen LogP contribution in [-0.4, -0.2) is 22.5 Å². The largest absolute Gasteiger partial charge is 0.493 e. The summed E-state index contributed by atoms with van der Waals surface area (Å²) < 4.78 is 55.3. The second-order valence-electron chi connectivity index (χ2n) is 6.98. The fourth-order valence-electron chi connectivity index (χ4n) is 3.47. The summed E-state index contributed by atoms with van der Waals surface area (Å²) in [6, 6.07) is 7.38. The summed E-state index contributed by atoms with van der Waals surface area (Å²) in [6.07, 6.45) is -4.13. The summed E-state index contributed by atoms with van der Waals surface area (Å²) in [7, 11) is 0. The summed E-state index contributed by atoms with van der Waals surface area (Å²) in [5, 5.41) is 9.89. The SMILES string of the molecule is CC(=O)c1cc(C(F)(F)F)ccc1Oc1ccc2c(c1)OCC[C@H]2c1oc(=O)[nH]c1O. The first-order valence-electron chi connectivity index (χ1n) is 9.22. The number of ketones is 1. The van der Waals surface area contributed by atoms with Crippen LogP contribution in [0.1, 0.15) is 46.5 Å². The average Bonchev–Trinajstić information content (AvgIpc) is 3.04. The number of ether oxygens (including phenoxy) is 2. The van der Waals surface area contributed by atoms with Crippen molar-refractivity contribution in [3.63, 3.8) is 0 Å². The van der Waals surface area contributed by atoms with Crippen LogP contribution in [0.25, 0.3) is 0 Å². The van der Waals surface area contributed by atoms with Gasteiger partial charge in [-0.2, -0.15) is 13.2 Å². The molecule has 162 valence electrons. The number of carbonyl (C=O) groups excluding carboxylic acids is 1. The van der Waals surface area contributed by atoms with Gasteiger partial charge in [-0.3, -0.25) is 9.78 Å². The van der Waals surface area contributed by atoms with Crippen molar-refractivity contribution < 1.29 is 37.0 Å². The maximum atomic E-state index is 13.0. The van der Waals surface area contributed by atoms with Gasteiger partial charge in [-0.25, -0.2) is 4.79 Å². The van der Waals surface area contributed by atoms with Gasteiger partial charge in [0.25, 0.3) is 0 Å². The first kappa shape index (κ1) is 20.6. The number of hydrogen-bond acceptors (Lipinski definition) is 6. The highest BCUT2D eigenvalue weighted by atomic mass is 19.4. The lowest BCUT2D eigenvalue weighted by atomic mass is 9.91. The van der Waals surface area contributed by atoms with E-state index in [1.165, 1.54) is 6.07 Å². The summed E-state index contributed by atoms with van der Waals surface area (Å²) in [5.41, 5.74) is -0.518. The van der Waals surface area contributed by atoms with Crippen molar-refractivity contribution in [1.82, 2.24) is 4.98 Å². The number of hydrogen-bond donors (Lipinski definition) is 2. The third kappa shape index (κ3) is 4.00. The lowest BCUT2D eigenvalue weighted by Crippen LogP contribution is -2.15. The van der Waals surface area contributed by atoms with E-state index in [9.17, 15) is 27.9 Å². The predicted molar refractivity (Wildman–Crippen MR) is 101 cm³/mol. The summed E-state index contributed by atoms with van der Waals surface area (Å²) >= 11 is 0. The van der Waals surface area contributed by atoms with Crippen molar-refractivity contribution in [2.45, 2.75) is 25.4 Å². The van der Waals surface area contributed by atoms with Gasteiger partial charge in [0.2, 0.25) is 5.88 Å². The molecule has 0 aliphatic carbocycles. The Morgan fingerprint density at radius 2 is 2.00 bits per heavy atom. The molecule has 2 aromatic carbocycles. The molecule has 31 heavy (non-hydrogen) atoms. The number of benzene rings is 2. The second kappa shape index (κ2) is 7.53. The number of alkyl halides is 3. The predicted octanol–water partition coefficient (Wildman–Crippen LogP) is 4.60. The molecule has 1 aliphatic heterocycles. The van der Waals surface area contributed by atoms with Gasteiger partial charge in [0.05, 0.1) is 23.7 Å². The zero-order chi connectivity index (χ0) is 22.3. The molecular formula is C21H16F3NO6. The van der Waals surface area contributed by atoms with Gasteiger partial charge in [-0.1, -0.05) is 6.07 Å². The number of fused-ring (bicyclic) bond motifs is 1. The number of halogens is 3. The molecule has 3 aromatic rings. The van der Waals surface area contributed by atoms with Crippen LogP contribution in [0, 0.1) is 0 Å². The van der Waals surface area contributed by atoms with Crippen molar-refractivity contribution in [2.24, 2.45) is 0 Å². The van der Waals surface area contributed by atoms with Crippen LogP contribution in [-0.2, 0) is 6.18 Å². The molecule has 2 N–H and O–H groups in total. The van der Waals surface area contributed by atoms with Crippen LogP contribution >= 0.6 is 0 Å². The summed E-state index contributed by atoms with van der Waals surface area (Å²) in [4.78, 5) is 25.4. The van der Waals surface area contributed by atoms with Crippen molar-refractivity contribution in [3.05, 3.63) is 69.4 Å². The fourth-order valence-corrected chi connectivity index (χ4v) is 3.47. The Kier molecular flexibility index (Phi) is 5.00. The van der Waals surface area contributed by atoms with Gasteiger partial charge < -0.3 is 19.0 Å². The van der Waals surface area contributed by atoms with Crippen LogP contribution in [0.2, 0.25) is 0 Å². The molecule has 0 saturated carbocycles. The normalized spacial score (nSPS) is 15.8. The van der Waals surface area contributed by atoms with E-state index in [1.54, 1.807) is 12.1 Å². The van der Waals surface area contributed by atoms with Crippen LogP contribution < -0.4 is 15.2 Å². The molecule has 0 spiro atoms. The molecular weight excluding hydrogens is 419 g/mol.